The van der Waals surface area contributed by atoms with Crippen LogP contribution in [0.25, 0.3) is 0 Å². The Labute approximate surface area is 152 Å². The van der Waals surface area contributed by atoms with Crippen LogP contribution in [0.4, 0.5) is 4.79 Å². The van der Waals surface area contributed by atoms with E-state index >= 15 is 0 Å². The maximum atomic E-state index is 11.7. The first kappa shape index (κ1) is 20.5. The Morgan fingerprint density at radius 2 is 2.00 bits per heavy atom. The molecule has 0 unspecified atom stereocenters. The maximum Gasteiger partial charge on any atom is 0.410 e. The fraction of sp³-hybridized carbons (Fsp3) is 0.947. The summed E-state index contributed by atoms with van der Waals surface area (Å²) in [5.41, 5.74) is 0.335. The van der Waals surface area contributed by atoms with Gasteiger partial charge in [-0.3, -0.25) is 4.90 Å². The Morgan fingerprint density at radius 1 is 1.32 bits per heavy atom. The second-order valence-electron chi connectivity index (χ2n) is 8.66. The van der Waals surface area contributed by atoms with Crippen LogP contribution in [0.1, 0.15) is 47.0 Å². The number of hydrogen-bond donors (Lipinski definition) is 2. The largest absolute Gasteiger partial charge is 0.450 e. The summed E-state index contributed by atoms with van der Waals surface area (Å²) in [7, 11) is 0. The fourth-order valence-electron chi connectivity index (χ4n) is 4.45. The van der Waals surface area contributed by atoms with Crippen LogP contribution in [-0.2, 0) is 9.47 Å². The number of carbonyl (C=O) groups is 1. The predicted molar refractivity (Wildman–Crippen MR) is 96.7 cm³/mol. The molecular formula is C19H37N2O4+. The van der Waals surface area contributed by atoms with Crippen molar-refractivity contribution < 1.29 is 24.3 Å². The summed E-state index contributed by atoms with van der Waals surface area (Å²) in [5, 5.41) is 10.3. The Kier molecular flexibility index (Phi) is 7.52. The second-order valence-corrected chi connectivity index (χ2v) is 8.66. The average Bonchev–Trinajstić information content (AvgIpc) is 2.52. The van der Waals surface area contributed by atoms with Crippen LogP contribution in [0.5, 0.6) is 0 Å². The standard InChI is InChI=1S/C19H36N2O4/c1-5-24-18(23)21-8-6-20(7-9-21)13-16(22)14-25-17-10-15(2)11-19(3,4)12-17/h15-17,22H,5-14H2,1-4H3/p+1/t15-,16-,17+/m0/s1. The van der Waals surface area contributed by atoms with Crippen molar-refractivity contribution >= 4 is 6.09 Å². The zero-order chi connectivity index (χ0) is 18.4. The number of hydrogen-bond acceptors (Lipinski definition) is 4. The molecule has 0 radical (unpaired) electrons. The molecule has 0 spiro atoms. The zero-order valence-electron chi connectivity index (χ0n) is 16.4. The summed E-state index contributed by atoms with van der Waals surface area (Å²) < 4.78 is 11.1. The molecule has 1 heterocycles. The number of nitrogens with zero attached hydrogens (tertiary/aromatic N) is 1. The SMILES string of the molecule is CCOC(=O)N1CC[NH+](C[C@H](O)CO[C@@H]2C[C@H](C)CC(C)(C)C2)CC1. The van der Waals surface area contributed by atoms with E-state index in [-0.39, 0.29) is 12.2 Å². The van der Waals surface area contributed by atoms with E-state index in [4.69, 9.17) is 9.47 Å². The van der Waals surface area contributed by atoms with Crippen LogP contribution in [0.3, 0.4) is 0 Å². The van der Waals surface area contributed by atoms with Crippen LogP contribution < -0.4 is 4.90 Å². The first-order valence-electron chi connectivity index (χ1n) is 9.84. The number of aliphatic hydroxyl groups excluding tert-OH is 1. The number of nitrogens with one attached hydrogen (secondary N) is 1. The third kappa shape index (κ3) is 6.76. The van der Waals surface area contributed by atoms with E-state index in [1.54, 1.807) is 4.90 Å². The highest BCUT2D eigenvalue weighted by atomic mass is 16.6. The number of amides is 1. The van der Waals surface area contributed by atoms with E-state index in [2.05, 4.69) is 20.8 Å². The molecule has 6 heteroatoms. The van der Waals surface area contributed by atoms with E-state index in [1.165, 1.54) is 11.3 Å². The molecule has 1 aliphatic carbocycles. The minimum atomic E-state index is -0.440. The van der Waals surface area contributed by atoms with Crippen LogP contribution in [0.15, 0.2) is 0 Å². The molecule has 2 fully saturated rings. The highest BCUT2D eigenvalue weighted by Gasteiger charge is 2.33. The third-order valence-corrected chi connectivity index (χ3v) is 5.39. The van der Waals surface area contributed by atoms with Crippen molar-refractivity contribution in [1.29, 1.82) is 0 Å². The van der Waals surface area contributed by atoms with Crippen molar-refractivity contribution in [3.63, 3.8) is 0 Å². The highest BCUT2D eigenvalue weighted by Crippen LogP contribution is 2.39. The molecule has 2 rings (SSSR count). The summed E-state index contributed by atoms with van der Waals surface area (Å²) in [6, 6.07) is 0. The van der Waals surface area contributed by atoms with Crippen molar-refractivity contribution in [3.8, 4) is 0 Å². The summed E-state index contributed by atoms with van der Waals surface area (Å²) >= 11 is 0. The molecule has 0 aromatic carbocycles. The number of carbonyl (C=O) groups excluding carboxylic acids is 1. The van der Waals surface area contributed by atoms with E-state index in [0.29, 0.717) is 44.2 Å². The molecule has 1 saturated carbocycles. The molecule has 6 nitrogen and oxygen atoms in total. The number of ether oxygens (including phenoxy) is 2. The van der Waals surface area contributed by atoms with Gasteiger partial charge in [0.15, 0.2) is 0 Å². The third-order valence-electron chi connectivity index (χ3n) is 5.39. The maximum absolute atomic E-state index is 11.7. The van der Waals surface area contributed by atoms with Crippen molar-refractivity contribution in [2.45, 2.75) is 59.2 Å². The molecule has 1 amide bonds. The van der Waals surface area contributed by atoms with Gasteiger partial charge >= 0.3 is 6.09 Å². The molecule has 0 aromatic heterocycles. The number of piperazine rings is 1. The van der Waals surface area contributed by atoms with Gasteiger partial charge in [0, 0.05) is 0 Å². The first-order valence-corrected chi connectivity index (χ1v) is 9.84. The number of rotatable bonds is 6. The van der Waals surface area contributed by atoms with Gasteiger partial charge in [-0.15, -0.1) is 0 Å². The lowest BCUT2D eigenvalue weighted by atomic mass is 9.71. The molecule has 2 N–H and O–H groups in total. The highest BCUT2D eigenvalue weighted by molar-refractivity contribution is 5.67. The lowest BCUT2D eigenvalue weighted by Gasteiger charge is -2.39. The van der Waals surface area contributed by atoms with Crippen molar-refractivity contribution in [3.05, 3.63) is 0 Å². The van der Waals surface area contributed by atoms with Gasteiger partial charge in [-0.05, 0) is 37.5 Å². The summed E-state index contributed by atoms with van der Waals surface area (Å²) in [4.78, 5) is 14.8. The molecule has 2 aliphatic rings. The minimum absolute atomic E-state index is 0.223. The topological polar surface area (TPSA) is 63.4 Å². The molecular weight excluding hydrogens is 320 g/mol. The number of quaternary nitrogens is 1. The van der Waals surface area contributed by atoms with Gasteiger partial charge in [0.1, 0.15) is 12.6 Å². The van der Waals surface area contributed by atoms with Gasteiger partial charge in [-0.1, -0.05) is 20.8 Å². The van der Waals surface area contributed by atoms with Gasteiger partial charge in [0.05, 0.1) is 45.5 Å². The van der Waals surface area contributed by atoms with Gasteiger partial charge in [0.25, 0.3) is 0 Å². The summed E-state index contributed by atoms with van der Waals surface area (Å²) in [6.07, 6.45) is 3.04. The zero-order valence-corrected chi connectivity index (χ0v) is 16.4. The van der Waals surface area contributed by atoms with Crippen LogP contribution >= 0.6 is 0 Å². The van der Waals surface area contributed by atoms with E-state index < -0.39 is 6.10 Å². The Balaban J connectivity index is 1.66. The smallest absolute Gasteiger partial charge is 0.410 e. The van der Waals surface area contributed by atoms with Gasteiger partial charge < -0.3 is 19.5 Å². The lowest BCUT2D eigenvalue weighted by Crippen LogP contribution is -3.15. The van der Waals surface area contributed by atoms with Crippen molar-refractivity contribution in [2.24, 2.45) is 11.3 Å². The normalized spacial score (nSPS) is 28.6. The van der Waals surface area contributed by atoms with Gasteiger partial charge in [0.2, 0.25) is 0 Å². The molecule has 146 valence electrons. The molecule has 0 bridgehead atoms. The molecule has 0 aromatic rings. The Bertz CT molecular complexity index is 422. The quantitative estimate of drug-likeness (QED) is 0.743. The monoisotopic (exact) mass is 357 g/mol. The summed E-state index contributed by atoms with van der Waals surface area (Å²) in [5.74, 6) is 0.687. The van der Waals surface area contributed by atoms with Crippen molar-refractivity contribution in [2.75, 3.05) is 45.9 Å². The Morgan fingerprint density at radius 3 is 2.60 bits per heavy atom. The summed E-state index contributed by atoms with van der Waals surface area (Å²) in [6.45, 7) is 13.3. The second kappa shape index (κ2) is 9.19. The van der Waals surface area contributed by atoms with E-state index in [9.17, 15) is 9.90 Å². The minimum Gasteiger partial charge on any atom is -0.450 e. The van der Waals surface area contributed by atoms with Crippen LogP contribution in [0.2, 0.25) is 0 Å². The van der Waals surface area contributed by atoms with Gasteiger partial charge in [-0.25, -0.2) is 4.79 Å². The fourth-order valence-corrected chi connectivity index (χ4v) is 4.45. The molecule has 3 atom stereocenters. The van der Waals surface area contributed by atoms with Crippen LogP contribution in [0, 0.1) is 11.3 Å². The molecule has 25 heavy (non-hydrogen) atoms. The predicted octanol–water partition coefficient (Wildman–Crippen LogP) is 0.936. The van der Waals surface area contributed by atoms with Crippen LogP contribution in [-0.4, -0.2) is 74.2 Å². The van der Waals surface area contributed by atoms with Gasteiger partial charge in [-0.2, -0.15) is 0 Å². The molecule has 1 saturated heterocycles. The first-order chi connectivity index (χ1) is 11.8. The van der Waals surface area contributed by atoms with E-state index in [0.717, 1.165) is 25.9 Å². The lowest BCUT2D eigenvalue weighted by molar-refractivity contribution is -0.907. The molecule has 1 aliphatic heterocycles. The number of aliphatic hydroxyl groups is 1. The average molecular weight is 358 g/mol. The van der Waals surface area contributed by atoms with Crippen molar-refractivity contribution in [1.82, 2.24) is 4.90 Å². The Hall–Kier alpha value is -0.850. The van der Waals surface area contributed by atoms with E-state index in [1.807, 2.05) is 6.92 Å².